The van der Waals surface area contributed by atoms with Gasteiger partial charge in [0.25, 0.3) is 11.6 Å². The highest BCUT2D eigenvalue weighted by atomic mass is 16.6. The van der Waals surface area contributed by atoms with Crippen LogP contribution in [0.4, 0.5) is 11.4 Å². The maximum Gasteiger partial charge on any atom is 0.270 e. The number of hydrogen-bond donors (Lipinski definition) is 1. The fraction of sp³-hybridized carbons (Fsp3) is 0.304. The number of morpholine rings is 1. The number of ether oxygens (including phenoxy) is 1. The van der Waals surface area contributed by atoms with Crippen molar-refractivity contribution in [2.75, 3.05) is 37.7 Å². The van der Waals surface area contributed by atoms with Crippen LogP contribution in [0.25, 0.3) is 6.08 Å². The summed E-state index contributed by atoms with van der Waals surface area (Å²) in [5, 5.41) is 23.5. The molecule has 8 heteroatoms. The van der Waals surface area contributed by atoms with Crippen LogP contribution >= 0.6 is 0 Å². The molecule has 2 aromatic rings. The van der Waals surface area contributed by atoms with Crippen molar-refractivity contribution in [1.29, 1.82) is 5.26 Å². The van der Waals surface area contributed by atoms with Crippen molar-refractivity contribution in [1.82, 2.24) is 5.32 Å². The van der Waals surface area contributed by atoms with Gasteiger partial charge in [0.15, 0.2) is 0 Å². The Bertz CT molecular complexity index is 992. The molecule has 0 aromatic heterocycles. The summed E-state index contributed by atoms with van der Waals surface area (Å²) >= 11 is 0. The Labute approximate surface area is 180 Å². The van der Waals surface area contributed by atoms with E-state index >= 15 is 0 Å². The summed E-state index contributed by atoms with van der Waals surface area (Å²) in [5.41, 5.74) is 2.20. The van der Waals surface area contributed by atoms with Crippen LogP contribution in [0.1, 0.15) is 17.5 Å². The van der Waals surface area contributed by atoms with Gasteiger partial charge in [-0.2, -0.15) is 5.26 Å². The van der Waals surface area contributed by atoms with Crippen LogP contribution in [-0.2, 0) is 16.0 Å². The predicted molar refractivity (Wildman–Crippen MR) is 117 cm³/mol. The minimum atomic E-state index is -0.491. The number of anilines is 1. The summed E-state index contributed by atoms with van der Waals surface area (Å²) in [5.74, 6) is -0.491. The zero-order valence-corrected chi connectivity index (χ0v) is 17.1. The van der Waals surface area contributed by atoms with Crippen molar-refractivity contribution in [3.63, 3.8) is 0 Å². The third-order valence-electron chi connectivity index (χ3n) is 5.01. The number of nitro groups is 1. The van der Waals surface area contributed by atoms with E-state index < -0.39 is 10.8 Å². The van der Waals surface area contributed by atoms with Crippen molar-refractivity contribution in [2.24, 2.45) is 0 Å². The Kier molecular flexibility index (Phi) is 7.73. The zero-order chi connectivity index (χ0) is 22.1. The molecule has 1 N–H and O–H groups in total. The first kappa shape index (κ1) is 22.0. The van der Waals surface area contributed by atoms with E-state index in [9.17, 15) is 20.2 Å². The third kappa shape index (κ3) is 6.14. The minimum absolute atomic E-state index is 0.0882. The van der Waals surface area contributed by atoms with E-state index in [2.05, 4.69) is 5.32 Å². The fourth-order valence-electron chi connectivity index (χ4n) is 3.40. The molecule has 31 heavy (non-hydrogen) atoms. The first-order chi connectivity index (χ1) is 15.1. The average Bonchev–Trinajstić information content (AvgIpc) is 2.81. The number of nitro benzene ring substituents is 1. The van der Waals surface area contributed by atoms with E-state index in [1.54, 1.807) is 6.07 Å². The van der Waals surface area contributed by atoms with E-state index in [4.69, 9.17) is 4.74 Å². The Morgan fingerprint density at radius 2 is 1.97 bits per heavy atom. The number of nitrogens with zero attached hydrogens (tertiary/aromatic N) is 3. The quantitative estimate of drug-likeness (QED) is 0.231. The zero-order valence-electron chi connectivity index (χ0n) is 17.1. The van der Waals surface area contributed by atoms with E-state index in [1.165, 1.54) is 23.8 Å². The van der Waals surface area contributed by atoms with Gasteiger partial charge in [-0.15, -0.1) is 0 Å². The summed E-state index contributed by atoms with van der Waals surface area (Å²) in [4.78, 5) is 25.3. The molecule has 1 aliphatic rings. The first-order valence-electron chi connectivity index (χ1n) is 10.1. The molecule has 0 unspecified atom stereocenters. The number of carbonyl (C=O) groups excluding carboxylic acids is 1. The summed E-state index contributed by atoms with van der Waals surface area (Å²) in [6.07, 6.45) is 2.98. The lowest BCUT2D eigenvalue weighted by atomic mass is 10.1. The smallest absolute Gasteiger partial charge is 0.270 e. The van der Waals surface area contributed by atoms with Gasteiger partial charge < -0.3 is 15.0 Å². The monoisotopic (exact) mass is 420 g/mol. The Hall–Kier alpha value is -3.70. The number of nitrogens with one attached hydrogen (secondary N) is 1. The number of carbonyl (C=O) groups is 1. The molecule has 1 heterocycles. The lowest BCUT2D eigenvalue weighted by Gasteiger charge is -2.30. The maximum atomic E-state index is 12.5. The third-order valence-corrected chi connectivity index (χ3v) is 5.01. The van der Waals surface area contributed by atoms with E-state index in [0.717, 1.165) is 18.5 Å². The number of amides is 1. The number of rotatable bonds is 8. The average molecular weight is 420 g/mol. The van der Waals surface area contributed by atoms with Gasteiger partial charge in [0.1, 0.15) is 11.6 Å². The van der Waals surface area contributed by atoms with Crippen molar-refractivity contribution >= 4 is 23.4 Å². The lowest BCUT2D eigenvalue weighted by Crippen LogP contribution is -2.36. The molecule has 1 fully saturated rings. The van der Waals surface area contributed by atoms with Gasteiger partial charge in [-0.05, 0) is 30.5 Å². The van der Waals surface area contributed by atoms with Crippen LogP contribution < -0.4 is 10.2 Å². The van der Waals surface area contributed by atoms with Gasteiger partial charge in [-0.1, -0.05) is 30.3 Å². The molecule has 0 saturated carbocycles. The molecule has 0 bridgehead atoms. The van der Waals surface area contributed by atoms with Crippen LogP contribution in [0.5, 0.6) is 0 Å². The minimum Gasteiger partial charge on any atom is -0.378 e. The largest absolute Gasteiger partial charge is 0.378 e. The molecule has 0 spiro atoms. The molecular formula is C23H24N4O4. The van der Waals surface area contributed by atoms with E-state index in [-0.39, 0.29) is 11.3 Å². The van der Waals surface area contributed by atoms with Crippen molar-refractivity contribution < 1.29 is 14.5 Å². The standard InChI is InChI=1S/C23H24N4O4/c24-17-20(23(28)25-10-4-7-18-5-2-1-3-6-18)15-19-16-21(27(29)30)8-9-22(19)26-11-13-31-14-12-26/h1-3,5-6,8-9,15-16H,4,7,10-14H2,(H,25,28)/b20-15+. The molecule has 160 valence electrons. The summed E-state index contributed by atoms with van der Waals surface area (Å²) in [6, 6.07) is 16.3. The van der Waals surface area contributed by atoms with Gasteiger partial charge in [-0.25, -0.2) is 0 Å². The Balaban J connectivity index is 1.73. The SMILES string of the molecule is N#C/C(=C\c1cc([N+](=O)[O-])ccc1N1CCOCC1)C(=O)NCCCc1ccccc1. The second kappa shape index (κ2) is 10.9. The molecular weight excluding hydrogens is 396 g/mol. The second-order valence-corrected chi connectivity index (χ2v) is 7.11. The molecule has 8 nitrogen and oxygen atoms in total. The van der Waals surface area contributed by atoms with Gasteiger partial charge in [-0.3, -0.25) is 14.9 Å². The molecule has 3 rings (SSSR count). The van der Waals surface area contributed by atoms with Gasteiger partial charge >= 0.3 is 0 Å². The normalized spacial score (nSPS) is 14.0. The topological polar surface area (TPSA) is 108 Å². The number of non-ortho nitro benzene ring substituents is 1. The predicted octanol–water partition coefficient (Wildman–Crippen LogP) is 3.09. The van der Waals surface area contributed by atoms with Gasteiger partial charge in [0.2, 0.25) is 0 Å². The van der Waals surface area contributed by atoms with E-state index in [1.807, 2.05) is 41.3 Å². The highest BCUT2D eigenvalue weighted by Crippen LogP contribution is 2.28. The molecule has 0 aliphatic carbocycles. The number of benzene rings is 2. The van der Waals surface area contributed by atoms with Crippen LogP contribution in [-0.4, -0.2) is 43.7 Å². The molecule has 0 atom stereocenters. The molecule has 1 saturated heterocycles. The highest BCUT2D eigenvalue weighted by Gasteiger charge is 2.18. The molecule has 1 aliphatic heterocycles. The van der Waals surface area contributed by atoms with Gasteiger partial charge in [0, 0.05) is 43.0 Å². The van der Waals surface area contributed by atoms with Crippen molar-refractivity contribution in [3.8, 4) is 6.07 Å². The molecule has 0 radical (unpaired) electrons. The number of aryl methyl sites for hydroxylation is 1. The summed E-state index contributed by atoms with van der Waals surface area (Å²) in [7, 11) is 0. The van der Waals surface area contributed by atoms with Crippen LogP contribution in [0.15, 0.2) is 54.1 Å². The van der Waals surface area contributed by atoms with Gasteiger partial charge in [0.05, 0.1) is 18.1 Å². The summed E-state index contributed by atoms with van der Waals surface area (Å²) in [6.45, 7) is 2.79. The Morgan fingerprint density at radius 1 is 1.23 bits per heavy atom. The van der Waals surface area contributed by atoms with Crippen LogP contribution in [0, 0.1) is 21.4 Å². The summed E-state index contributed by atoms with van der Waals surface area (Å²) < 4.78 is 5.37. The lowest BCUT2D eigenvalue weighted by molar-refractivity contribution is -0.384. The maximum absolute atomic E-state index is 12.5. The number of nitriles is 1. The number of hydrogen-bond acceptors (Lipinski definition) is 6. The fourth-order valence-corrected chi connectivity index (χ4v) is 3.40. The van der Waals surface area contributed by atoms with Crippen molar-refractivity contribution in [3.05, 3.63) is 75.3 Å². The molecule has 1 amide bonds. The highest BCUT2D eigenvalue weighted by molar-refractivity contribution is 6.02. The van der Waals surface area contributed by atoms with Crippen LogP contribution in [0.2, 0.25) is 0 Å². The van der Waals surface area contributed by atoms with Crippen molar-refractivity contribution in [2.45, 2.75) is 12.8 Å². The second-order valence-electron chi connectivity index (χ2n) is 7.11. The first-order valence-corrected chi connectivity index (χ1v) is 10.1. The Morgan fingerprint density at radius 3 is 2.65 bits per heavy atom. The van der Waals surface area contributed by atoms with E-state index in [0.29, 0.717) is 38.4 Å². The molecule has 2 aromatic carbocycles. The van der Waals surface area contributed by atoms with Crippen LogP contribution in [0.3, 0.4) is 0 Å².